The van der Waals surface area contributed by atoms with Crippen LogP contribution in [0.1, 0.15) is 16.1 Å². The van der Waals surface area contributed by atoms with Gasteiger partial charge in [-0.05, 0) is 25.1 Å². The molecule has 0 saturated heterocycles. The van der Waals surface area contributed by atoms with Crippen LogP contribution in [0.5, 0.6) is 5.75 Å². The molecule has 0 aliphatic carbocycles. The van der Waals surface area contributed by atoms with Crippen LogP contribution in [0, 0.1) is 6.92 Å². The Morgan fingerprint density at radius 2 is 1.57 bits per heavy atom. The molecule has 11 heteroatoms. The third-order valence-electron chi connectivity index (χ3n) is 3.77. The van der Waals surface area contributed by atoms with Crippen LogP contribution in [0.4, 0.5) is 32.2 Å². The highest BCUT2D eigenvalue weighted by Gasteiger charge is 2.76. The van der Waals surface area contributed by atoms with Gasteiger partial charge in [-0.15, -0.1) is 0 Å². The summed E-state index contributed by atoms with van der Waals surface area (Å²) in [6, 6.07) is 8.66. The van der Waals surface area contributed by atoms with Crippen molar-refractivity contribution in [3.05, 3.63) is 53.7 Å². The molecule has 0 unspecified atom stereocenters. The Kier molecular flexibility index (Phi) is 5.76. The van der Waals surface area contributed by atoms with E-state index in [-0.39, 0.29) is 5.75 Å². The molecule has 1 aromatic carbocycles. The number of carbonyl (C=O) groups is 1. The number of amides is 1. The van der Waals surface area contributed by atoms with Crippen molar-refractivity contribution in [2.24, 2.45) is 0 Å². The third kappa shape index (κ3) is 4.12. The molecule has 0 aliphatic heterocycles. The Labute approximate surface area is 155 Å². The van der Waals surface area contributed by atoms with Gasteiger partial charge in [0.1, 0.15) is 5.75 Å². The lowest BCUT2D eigenvalue weighted by Crippen LogP contribution is -2.72. The maximum Gasteiger partial charge on any atom is 0.462 e. The summed E-state index contributed by atoms with van der Waals surface area (Å²) in [5, 5.41) is 2.44. The summed E-state index contributed by atoms with van der Waals surface area (Å²) in [6.45, 7) is 1.45. The molecular formula is C17H16F6N3O2+. The molecule has 2 aromatic rings. The van der Waals surface area contributed by atoms with E-state index in [2.05, 4.69) is 4.98 Å². The summed E-state index contributed by atoms with van der Waals surface area (Å²) in [5.74, 6) is -2.39. The van der Waals surface area contributed by atoms with Crippen LogP contribution in [0.25, 0.3) is 0 Å². The number of carbonyl (C=O) groups excluding carboxylic acids is 1. The second kappa shape index (κ2) is 7.56. The van der Waals surface area contributed by atoms with Crippen molar-refractivity contribution >= 4 is 11.7 Å². The fraction of sp³-hybridized carbons (Fsp3) is 0.294. The Hall–Kier alpha value is -2.98. The molecule has 0 saturated carbocycles. The lowest BCUT2D eigenvalue weighted by molar-refractivity contribution is -0.376. The third-order valence-corrected chi connectivity index (χ3v) is 3.77. The zero-order valence-electron chi connectivity index (χ0n) is 14.6. The van der Waals surface area contributed by atoms with Crippen molar-refractivity contribution < 1.29 is 40.9 Å². The molecule has 1 heterocycles. The van der Waals surface area contributed by atoms with Crippen LogP contribution in [-0.4, -0.2) is 31.0 Å². The molecule has 0 spiro atoms. The smallest absolute Gasteiger partial charge is 0.462 e. The number of alkyl halides is 6. The van der Waals surface area contributed by atoms with Gasteiger partial charge in [0.15, 0.2) is 0 Å². The summed E-state index contributed by atoms with van der Waals surface area (Å²) in [7, 11) is 1.13. The maximum absolute atomic E-state index is 13.7. The van der Waals surface area contributed by atoms with Gasteiger partial charge in [0.2, 0.25) is 0 Å². The number of pyridine rings is 1. The number of anilines is 1. The van der Waals surface area contributed by atoms with Crippen molar-refractivity contribution in [2.45, 2.75) is 24.9 Å². The minimum atomic E-state index is -5.93. The van der Waals surface area contributed by atoms with Gasteiger partial charge in [-0.3, -0.25) is 10.1 Å². The van der Waals surface area contributed by atoms with Gasteiger partial charge in [0.05, 0.1) is 18.4 Å². The number of hydrogen-bond donors (Lipinski definition) is 2. The average molecular weight is 408 g/mol. The Morgan fingerprint density at radius 1 is 0.964 bits per heavy atom. The summed E-state index contributed by atoms with van der Waals surface area (Å²) < 4.78 is 86.9. The topological polar surface area (TPSA) is 64.5 Å². The van der Waals surface area contributed by atoms with Gasteiger partial charge in [-0.2, -0.15) is 26.3 Å². The monoisotopic (exact) mass is 408 g/mol. The zero-order chi connectivity index (χ0) is 21.2. The first kappa shape index (κ1) is 21.3. The molecule has 2 rings (SSSR count). The second-order valence-electron chi connectivity index (χ2n) is 5.77. The number of aromatic nitrogens is 1. The molecule has 0 bridgehead atoms. The number of para-hydroxylation sites is 1. The fourth-order valence-corrected chi connectivity index (χ4v) is 2.40. The molecule has 1 aromatic heterocycles. The van der Waals surface area contributed by atoms with Crippen LogP contribution < -0.4 is 20.4 Å². The van der Waals surface area contributed by atoms with Gasteiger partial charge in [-0.1, -0.05) is 18.2 Å². The molecule has 1 amide bonds. The molecule has 28 heavy (non-hydrogen) atoms. The standard InChI is InChI=1S/C17H15F6N3O2/c1-10-6-5-9-13(24-10)25-15(16(18,19)20,17(21,22)23)26-14(27)11-7-3-4-8-12(11)28-2/h3-9H,1-2H3,(H,24,25)(H,26,27)/p+1. The van der Waals surface area contributed by atoms with Crippen molar-refractivity contribution in [1.29, 1.82) is 0 Å². The van der Waals surface area contributed by atoms with Crippen molar-refractivity contribution in [3.63, 3.8) is 0 Å². The minimum absolute atomic E-state index is 0.180. The predicted molar refractivity (Wildman–Crippen MR) is 86.7 cm³/mol. The highest BCUT2D eigenvalue weighted by atomic mass is 19.4. The first-order valence-electron chi connectivity index (χ1n) is 7.77. The SMILES string of the molecule is COc1ccccc1C(=O)NC(Nc1cccc(C)[nH+]1)(C(F)(F)F)C(F)(F)F. The highest BCUT2D eigenvalue weighted by molar-refractivity contribution is 5.97. The van der Waals surface area contributed by atoms with E-state index in [1.54, 1.807) is 0 Å². The summed E-state index contributed by atoms with van der Waals surface area (Å²) in [6.07, 6.45) is -11.9. The molecule has 0 fully saturated rings. The highest BCUT2D eigenvalue weighted by Crippen LogP contribution is 2.43. The largest absolute Gasteiger partial charge is 0.496 e. The number of methoxy groups -OCH3 is 1. The molecule has 0 aliphatic rings. The maximum atomic E-state index is 13.7. The molecular weight excluding hydrogens is 392 g/mol. The molecule has 0 radical (unpaired) electrons. The van der Waals surface area contributed by atoms with E-state index in [1.807, 2.05) is 0 Å². The predicted octanol–water partition coefficient (Wildman–Crippen LogP) is 3.48. The van der Waals surface area contributed by atoms with Crippen LogP contribution in [0.3, 0.4) is 0 Å². The number of nitrogens with one attached hydrogen (secondary N) is 3. The zero-order valence-corrected chi connectivity index (χ0v) is 14.6. The number of aryl methyl sites for hydroxylation is 1. The van der Waals surface area contributed by atoms with Crippen molar-refractivity contribution in [1.82, 2.24) is 5.32 Å². The van der Waals surface area contributed by atoms with Gasteiger partial charge in [-0.25, -0.2) is 10.3 Å². The van der Waals surface area contributed by atoms with E-state index in [0.29, 0.717) is 5.69 Å². The van der Waals surface area contributed by atoms with Crippen molar-refractivity contribution in [2.75, 3.05) is 12.4 Å². The number of rotatable bonds is 5. The van der Waals surface area contributed by atoms with E-state index in [0.717, 1.165) is 24.6 Å². The molecule has 5 nitrogen and oxygen atoms in total. The normalized spacial score (nSPS) is 12.4. The van der Waals surface area contributed by atoms with Crippen LogP contribution >= 0.6 is 0 Å². The molecule has 3 N–H and O–H groups in total. The average Bonchev–Trinajstić information content (AvgIpc) is 2.59. The molecule has 0 atom stereocenters. The van der Waals surface area contributed by atoms with E-state index < -0.39 is 35.3 Å². The van der Waals surface area contributed by atoms with Gasteiger partial charge in [0, 0.05) is 6.07 Å². The Morgan fingerprint density at radius 3 is 2.11 bits per heavy atom. The van der Waals surface area contributed by atoms with E-state index in [4.69, 9.17) is 4.74 Å². The van der Waals surface area contributed by atoms with Crippen LogP contribution in [0.15, 0.2) is 42.5 Å². The minimum Gasteiger partial charge on any atom is -0.496 e. The van der Waals surface area contributed by atoms with E-state index in [9.17, 15) is 31.1 Å². The lowest BCUT2D eigenvalue weighted by atomic mass is 10.1. The summed E-state index contributed by atoms with van der Waals surface area (Å²) in [5.41, 5.74) is -4.93. The van der Waals surface area contributed by atoms with Crippen molar-refractivity contribution in [3.8, 4) is 5.75 Å². The number of aromatic amines is 1. The van der Waals surface area contributed by atoms with Gasteiger partial charge < -0.3 is 4.74 Å². The Bertz CT molecular complexity index is 837. The first-order valence-corrected chi connectivity index (χ1v) is 7.77. The van der Waals surface area contributed by atoms with Crippen LogP contribution in [-0.2, 0) is 0 Å². The summed E-state index contributed by atoms with van der Waals surface area (Å²) in [4.78, 5) is 14.7. The fourth-order valence-electron chi connectivity index (χ4n) is 2.40. The number of halogens is 6. The lowest BCUT2D eigenvalue weighted by Gasteiger charge is -2.34. The van der Waals surface area contributed by atoms with E-state index >= 15 is 0 Å². The van der Waals surface area contributed by atoms with Crippen LogP contribution in [0.2, 0.25) is 0 Å². The summed E-state index contributed by atoms with van der Waals surface area (Å²) >= 11 is 0. The number of H-pyrrole nitrogens is 1. The van der Waals surface area contributed by atoms with Gasteiger partial charge in [0.25, 0.3) is 11.7 Å². The second-order valence-corrected chi connectivity index (χ2v) is 5.77. The van der Waals surface area contributed by atoms with Gasteiger partial charge >= 0.3 is 18.0 Å². The number of hydrogen-bond acceptors (Lipinski definition) is 3. The first-order chi connectivity index (χ1) is 12.9. The Balaban J connectivity index is 2.56. The molecule has 152 valence electrons. The number of benzene rings is 1. The van der Waals surface area contributed by atoms with E-state index in [1.165, 1.54) is 42.6 Å². The quantitative estimate of drug-likeness (QED) is 0.588. The number of ether oxygens (including phenoxy) is 1.